The Morgan fingerprint density at radius 2 is 1.78 bits per heavy atom. The summed E-state index contributed by atoms with van der Waals surface area (Å²) in [6, 6.07) is 10.8. The van der Waals surface area contributed by atoms with Crippen LogP contribution in [-0.4, -0.2) is 39.4 Å². The lowest BCUT2D eigenvalue weighted by atomic mass is 9.93. The Bertz CT molecular complexity index is 587. The summed E-state index contributed by atoms with van der Waals surface area (Å²) in [4.78, 5) is 2.60. The summed E-state index contributed by atoms with van der Waals surface area (Å²) in [5, 5.41) is 1.40. The molecule has 1 fully saturated rings. The van der Waals surface area contributed by atoms with Crippen LogP contribution in [0.3, 0.4) is 0 Å². The molecule has 0 atom stereocenters. The Morgan fingerprint density at radius 1 is 1.13 bits per heavy atom. The van der Waals surface area contributed by atoms with Crippen molar-refractivity contribution in [3.8, 4) is 0 Å². The molecule has 3 rings (SSSR count). The van der Waals surface area contributed by atoms with Gasteiger partial charge in [-0.15, -0.1) is 0 Å². The first-order valence-corrected chi connectivity index (χ1v) is 9.51. The summed E-state index contributed by atoms with van der Waals surface area (Å²) >= 11 is 1.88. The summed E-state index contributed by atoms with van der Waals surface area (Å²) in [7, 11) is 0. The highest BCUT2D eigenvalue weighted by Gasteiger charge is 2.39. The number of thioether (sulfide) groups is 1. The number of likely N-dealkylation sites (tertiary alicyclic amines) is 1. The van der Waals surface area contributed by atoms with Crippen LogP contribution in [0.4, 0.5) is 0 Å². The minimum atomic E-state index is 0. The molecule has 0 unspecified atom stereocenters. The highest BCUT2D eigenvalue weighted by atomic mass is 127. The lowest BCUT2D eigenvalue weighted by Gasteiger charge is -2.33. The zero-order valence-electron chi connectivity index (χ0n) is 14.4. The SMILES string of the molecule is CSC1=[N+](Cc2ccccc2)C(C)(C)CC(N2CCCC2)=C1.[I-]. The normalized spacial score (nSPS) is 20.3. The molecule has 126 valence electrons. The third-order valence-corrected chi connectivity index (χ3v) is 5.56. The quantitative estimate of drug-likeness (QED) is 0.512. The fourth-order valence-electron chi connectivity index (χ4n) is 3.54. The second-order valence-electron chi connectivity index (χ2n) is 6.93. The molecule has 0 saturated carbocycles. The van der Waals surface area contributed by atoms with Crippen LogP contribution in [0, 0.1) is 0 Å². The van der Waals surface area contributed by atoms with Crippen molar-refractivity contribution in [2.75, 3.05) is 19.3 Å². The van der Waals surface area contributed by atoms with Crippen molar-refractivity contribution in [3.05, 3.63) is 47.7 Å². The van der Waals surface area contributed by atoms with E-state index in [4.69, 9.17) is 0 Å². The minimum absolute atomic E-state index is 0. The van der Waals surface area contributed by atoms with Gasteiger partial charge >= 0.3 is 0 Å². The predicted molar refractivity (Wildman–Crippen MR) is 96.5 cm³/mol. The largest absolute Gasteiger partial charge is 1.00 e. The zero-order chi connectivity index (χ0) is 15.6. The third-order valence-electron chi connectivity index (χ3n) is 4.81. The highest BCUT2D eigenvalue weighted by Crippen LogP contribution is 2.32. The van der Waals surface area contributed by atoms with E-state index in [1.807, 2.05) is 11.8 Å². The van der Waals surface area contributed by atoms with Gasteiger partial charge in [0.2, 0.25) is 5.04 Å². The van der Waals surface area contributed by atoms with Gasteiger partial charge in [-0.25, -0.2) is 4.58 Å². The molecule has 0 radical (unpaired) electrons. The molecule has 0 N–H and O–H groups in total. The molecule has 23 heavy (non-hydrogen) atoms. The molecular formula is C19H27IN2S. The molecule has 1 aromatic carbocycles. The molecule has 0 aromatic heterocycles. The average Bonchev–Trinajstić information content (AvgIpc) is 3.04. The van der Waals surface area contributed by atoms with Crippen LogP contribution in [-0.2, 0) is 6.54 Å². The molecule has 2 nitrogen and oxygen atoms in total. The topological polar surface area (TPSA) is 6.25 Å². The number of nitrogens with zero attached hydrogens (tertiary/aromatic N) is 2. The lowest BCUT2D eigenvalue weighted by molar-refractivity contribution is -0.614. The van der Waals surface area contributed by atoms with Crippen LogP contribution in [0.1, 0.15) is 38.7 Å². The molecule has 0 aliphatic carbocycles. The van der Waals surface area contributed by atoms with Gasteiger partial charge in [0, 0.05) is 44.3 Å². The van der Waals surface area contributed by atoms with Gasteiger partial charge in [-0.3, -0.25) is 0 Å². The molecule has 0 amide bonds. The summed E-state index contributed by atoms with van der Waals surface area (Å²) in [6.45, 7) is 8.24. The lowest BCUT2D eigenvalue weighted by Crippen LogP contribution is -3.00. The Morgan fingerprint density at radius 3 is 2.39 bits per heavy atom. The van der Waals surface area contributed by atoms with Gasteiger partial charge in [-0.1, -0.05) is 42.1 Å². The van der Waals surface area contributed by atoms with Crippen molar-refractivity contribution >= 4 is 16.8 Å². The summed E-state index contributed by atoms with van der Waals surface area (Å²) in [5.41, 5.74) is 3.09. The number of benzene rings is 1. The van der Waals surface area contributed by atoms with Crippen molar-refractivity contribution < 1.29 is 28.6 Å². The first-order chi connectivity index (χ1) is 10.6. The Labute approximate surface area is 162 Å². The first kappa shape index (κ1) is 18.8. The molecule has 1 aromatic rings. The molecule has 4 heteroatoms. The van der Waals surface area contributed by atoms with Crippen LogP contribution in [0.15, 0.2) is 42.1 Å². The maximum atomic E-state index is 2.60. The highest BCUT2D eigenvalue weighted by molar-refractivity contribution is 8.13. The Balaban J connectivity index is 0.00000192. The van der Waals surface area contributed by atoms with Crippen molar-refractivity contribution in [1.29, 1.82) is 0 Å². The van der Waals surface area contributed by atoms with Crippen LogP contribution in [0.2, 0.25) is 0 Å². The number of hydrogen-bond donors (Lipinski definition) is 0. The number of rotatable bonds is 3. The van der Waals surface area contributed by atoms with E-state index in [0.717, 1.165) is 13.0 Å². The van der Waals surface area contributed by atoms with Gasteiger partial charge in [-0.2, -0.15) is 0 Å². The van der Waals surface area contributed by atoms with Crippen molar-refractivity contribution in [1.82, 2.24) is 4.90 Å². The van der Waals surface area contributed by atoms with E-state index in [2.05, 4.69) is 66.0 Å². The van der Waals surface area contributed by atoms with Crippen LogP contribution in [0.25, 0.3) is 0 Å². The van der Waals surface area contributed by atoms with E-state index in [-0.39, 0.29) is 29.5 Å². The van der Waals surface area contributed by atoms with Gasteiger partial charge in [0.25, 0.3) is 0 Å². The second kappa shape index (κ2) is 8.06. The molecule has 2 aliphatic heterocycles. The maximum Gasteiger partial charge on any atom is 0.236 e. The molecule has 0 spiro atoms. The molecule has 2 heterocycles. The van der Waals surface area contributed by atoms with E-state index < -0.39 is 0 Å². The van der Waals surface area contributed by atoms with Gasteiger partial charge in [0.15, 0.2) is 12.1 Å². The van der Waals surface area contributed by atoms with E-state index in [0.29, 0.717) is 0 Å². The van der Waals surface area contributed by atoms with E-state index in [1.165, 1.54) is 42.2 Å². The summed E-state index contributed by atoms with van der Waals surface area (Å²) in [5.74, 6) is 0. The molecule has 1 saturated heterocycles. The number of halogens is 1. The van der Waals surface area contributed by atoms with Crippen molar-refractivity contribution in [3.63, 3.8) is 0 Å². The van der Waals surface area contributed by atoms with Crippen LogP contribution in [0.5, 0.6) is 0 Å². The fraction of sp³-hybridized carbons (Fsp3) is 0.526. The van der Waals surface area contributed by atoms with E-state index in [1.54, 1.807) is 0 Å². The maximum absolute atomic E-state index is 2.60. The van der Waals surface area contributed by atoms with Gasteiger partial charge in [0.1, 0.15) is 0 Å². The Hall–Kier alpha value is -0.490. The second-order valence-corrected chi connectivity index (χ2v) is 7.76. The van der Waals surface area contributed by atoms with Gasteiger partial charge < -0.3 is 28.9 Å². The zero-order valence-corrected chi connectivity index (χ0v) is 17.4. The summed E-state index contributed by atoms with van der Waals surface area (Å²) < 4.78 is 2.58. The van der Waals surface area contributed by atoms with Crippen LogP contribution < -0.4 is 24.0 Å². The van der Waals surface area contributed by atoms with E-state index in [9.17, 15) is 0 Å². The number of hydrogen-bond acceptors (Lipinski definition) is 2. The molecule has 2 aliphatic rings. The third kappa shape index (κ3) is 4.32. The fourth-order valence-corrected chi connectivity index (χ4v) is 4.33. The van der Waals surface area contributed by atoms with Gasteiger partial charge in [0.05, 0.1) is 6.42 Å². The minimum Gasteiger partial charge on any atom is -1.00 e. The summed E-state index contributed by atoms with van der Waals surface area (Å²) in [6.07, 6.45) is 8.47. The average molecular weight is 442 g/mol. The van der Waals surface area contributed by atoms with Crippen molar-refractivity contribution in [2.24, 2.45) is 0 Å². The predicted octanol–water partition coefficient (Wildman–Crippen LogP) is 1.13. The smallest absolute Gasteiger partial charge is 0.236 e. The van der Waals surface area contributed by atoms with Crippen molar-refractivity contribution in [2.45, 2.75) is 45.2 Å². The van der Waals surface area contributed by atoms with E-state index >= 15 is 0 Å². The first-order valence-electron chi connectivity index (χ1n) is 8.28. The molecule has 0 bridgehead atoms. The Kier molecular flexibility index (Phi) is 6.60. The van der Waals surface area contributed by atoms with Gasteiger partial charge in [-0.05, 0) is 19.1 Å². The standard InChI is InChI=1S/C19H27N2S.HI/c1-19(2)14-17(20-11-7-8-12-20)13-18(22-3)21(19)15-16-9-5-4-6-10-16;/h4-6,9-10,13H,7-8,11-12,14-15H2,1-3H3;1H/q+1;/p-1. The molecular weight excluding hydrogens is 415 g/mol. The van der Waals surface area contributed by atoms with Crippen LogP contribution >= 0.6 is 11.8 Å². The monoisotopic (exact) mass is 442 g/mol.